The Hall–Kier alpha value is -0.870. The molecular weight excluding hydrogens is 166 g/mol. The van der Waals surface area contributed by atoms with E-state index in [0.717, 1.165) is 24.5 Å². The zero-order valence-electron chi connectivity index (χ0n) is 8.00. The molecule has 1 unspecified atom stereocenters. The molecule has 0 bridgehead atoms. The average Bonchev–Trinajstić information content (AvgIpc) is 2.59. The van der Waals surface area contributed by atoms with Gasteiger partial charge in [0.25, 0.3) is 0 Å². The van der Waals surface area contributed by atoms with Gasteiger partial charge in [-0.1, -0.05) is 13.8 Å². The lowest BCUT2D eigenvalue weighted by molar-refractivity contribution is 0.369. The highest BCUT2D eigenvalue weighted by molar-refractivity contribution is 5.15. The van der Waals surface area contributed by atoms with Crippen molar-refractivity contribution in [1.29, 1.82) is 0 Å². The topological polar surface area (TPSA) is 64.1 Å². The molecule has 0 aromatic carbocycles. The standard InChI is InChI=1S/C9H15N3O/c1-5(2)8(10)9-12-6-3-11-4-7(6)13-9/h5,8,11H,3-4,10H2,1-2H3. The van der Waals surface area contributed by atoms with E-state index in [1.54, 1.807) is 0 Å². The number of hydrogen-bond donors (Lipinski definition) is 2. The maximum absolute atomic E-state index is 5.92. The Bertz CT molecular complexity index is 284. The van der Waals surface area contributed by atoms with E-state index < -0.39 is 0 Å². The van der Waals surface area contributed by atoms with Gasteiger partial charge < -0.3 is 15.5 Å². The number of nitrogens with one attached hydrogen (secondary N) is 1. The van der Waals surface area contributed by atoms with E-state index in [4.69, 9.17) is 10.2 Å². The summed E-state index contributed by atoms with van der Waals surface area (Å²) in [5.74, 6) is 2.00. The van der Waals surface area contributed by atoms with Crippen molar-refractivity contribution in [3.8, 4) is 0 Å². The molecule has 1 aliphatic heterocycles. The van der Waals surface area contributed by atoms with Gasteiger partial charge in [0.2, 0.25) is 5.89 Å². The van der Waals surface area contributed by atoms with E-state index in [0.29, 0.717) is 11.8 Å². The molecule has 13 heavy (non-hydrogen) atoms. The number of hydrogen-bond acceptors (Lipinski definition) is 4. The van der Waals surface area contributed by atoms with Crippen molar-refractivity contribution >= 4 is 0 Å². The van der Waals surface area contributed by atoms with Gasteiger partial charge in [-0.15, -0.1) is 0 Å². The molecule has 1 aromatic heterocycles. The van der Waals surface area contributed by atoms with Gasteiger partial charge in [-0.25, -0.2) is 4.98 Å². The summed E-state index contributed by atoms with van der Waals surface area (Å²) < 4.78 is 5.55. The molecule has 3 N–H and O–H groups in total. The second-order valence-electron chi connectivity index (χ2n) is 3.80. The van der Waals surface area contributed by atoms with Crippen LogP contribution in [-0.2, 0) is 13.1 Å². The molecule has 0 amide bonds. The van der Waals surface area contributed by atoms with E-state index in [9.17, 15) is 0 Å². The van der Waals surface area contributed by atoms with Crippen molar-refractivity contribution in [3.05, 3.63) is 17.3 Å². The Balaban J connectivity index is 2.23. The molecule has 1 atom stereocenters. The molecule has 2 rings (SSSR count). The predicted octanol–water partition coefficient (Wildman–Crippen LogP) is 0.934. The molecule has 0 saturated heterocycles. The number of fused-ring (bicyclic) bond motifs is 1. The van der Waals surface area contributed by atoms with Gasteiger partial charge in [-0.3, -0.25) is 0 Å². The molecule has 0 aliphatic carbocycles. The Morgan fingerprint density at radius 1 is 1.46 bits per heavy atom. The largest absolute Gasteiger partial charge is 0.442 e. The maximum Gasteiger partial charge on any atom is 0.211 e. The van der Waals surface area contributed by atoms with Crippen LogP contribution in [0.2, 0.25) is 0 Å². The minimum atomic E-state index is -0.0781. The number of oxazole rings is 1. The van der Waals surface area contributed by atoms with Crippen LogP contribution in [0.25, 0.3) is 0 Å². The minimum absolute atomic E-state index is 0.0781. The van der Waals surface area contributed by atoms with Gasteiger partial charge >= 0.3 is 0 Å². The van der Waals surface area contributed by atoms with Crippen LogP contribution in [0, 0.1) is 5.92 Å². The molecule has 0 fully saturated rings. The summed E-state index contributed by atoms with van der Waals surface area (Å²) >= 11 is 0. The number of nitrogens with zero attached hydrogens (tertiary/aromatic N) is 1. The van der Waals surface area contributed by atoms with Crippen LogP contribution < -0.4 is 11.1 Å². The Labute approximate surface area is 77.5 Å². The van der Waals surface area contributed by atoms with Crippen molar-refractivity contribution in [1.82, 2.24) is 10.3 Å². The van der Waals surface area contributed by atoms with Crippen molar-refractivity contribution in [3.63, 3.8) is 0 Å². The summed E-state index contributed by atoms with van der Waals surface area (Å²) in [4.78, 5) is 4.36. The van der Waals surface area contributed by atoms with Crippen LogP contribution in [0.15, 0.2) is 4.42 Å². The van der Waals surface area contributed by atoms with Gasteiger partial charge in [0.1, 0.15) is 5.76 Å². The Kier molecular flexibility index (Phi) is 2.09. The predicted molar refractivity (Wildman–Crippen MR) is 48.8 cm³/mol. The fourth-order valence-corrected chi connectivity index (χ4v) is 1.40. The molecule has 0 spiro atoms. The fourth-order valence-electron chi connectivity index (χ4n) is 1.40. The molecule has 1 aromatic rings. The fraction of sp³-hybridized carbons (Fsp3) is 0.667. The molecule has 1 aliphatic rings. The summed E-state index contributed by atoms with van der Waals surface area (Å²) in [7, 11) is 0. The molecule has 0 saturated carbocycles. The third-order valence-electron chi connectivity index (χ3n) is 2.38. The van der Waals surface area contributed by atoms with Gasteiger partial charge in [0.15, 0.2) is 0 Å². The zero-order valence-corrected chi connectivity index (χ0v) is 8.00. The van der Waals surface area contributed by atoms with Crippen LogP contribution in [0.5, 0.6) is 0 Å². The van der Waals surface area contributed by atoms with E-state index in [-0.39, 0.29) is 6.04 Å². The molecular formula is C9H15N3O. The first-order valence-electron chi connectivity index (χ1n) is 4.63. The number of aromatic nitrogens is 1. The van der Waals surface area contributed by atoms with Gasteiger partial charge in [-0.2, -0.15) is 0 Å². The first-order valence-corrected chi connectivity index (χ1v) is 4.63. The van der Waals surface area contributed by atoms with Crippen LogP contribution >= 0.6 is 0 Å². The monoisotopic (exact) mass is 181 g/mol. The smallest absolute Gasteiger partial charge is 0.211 e. The quantitative estimate of drug-likeness (QED) is 0.712. The highest BCUT2D eigenvalue weighted by atomic mass is 16.4. The lowest BCUT2D eigenvalue weighted by Gasteiger charge is -2.10. The Morgan fingerprint density at radius 2 is 2.23 bits per heavy atom. The summed E-state index contributed by atoms with van der Waals surface area (Å²) in [6.07, 6.45) is 0. The molecule has 2 heterocycles. The van der Waals surface area contributed by atoms with Gasteiger partial charge in [0, 0.05) is 6.54 Å². The van der Waals surface area contributed by atoms with E-state index in [1.165, 1.54) is 0 Å². The lowest BCUT2D eigenvalue weighted by Crippen LogP contribution is -2.17. The Morgan fingerprint density at radius 3 is 2.85 bits per heavy atom. The first-order chi connectivity index (χ1) is 6.18. The van der Waals surface area contributed by atoms with Gasteiger partial charge in [0.05, 0.1) is 18.3 Å². The highest BCUT2D eigenvalue weighted by Crippen LogP contribution is 2.23. The third kappa shape index (κ3) is 1.47. The number of rotatable bonds is 2. The van der Waals surface area contributed by atoms with E-state index in [2.05, 4.69) is 24.1 Å². The van der Waals surface area contributed by atoms with Crippen LogP contribution in [0.1, 0.15) is 37.2 Å². The average molecular weight is 181 g/mol. The van der Waals surface area contributed by atoms with E-state index in [1.807, 2.05) is 0 Å². The van der Waals surface area contributed by atoms with Crippen LogP contribution in [0.3, 0.4) is 0 Å². The SMILES string of the molecule is CC(C)C(N)c1nc2c(o1)CNC2. The van der Waals surface area contributed by atoms with Gasteiger partial charge in [-0.05, 0) is 5.92 Å². The van der Waals surface area contributed by atoms with Crippen molar-refractivity contribution in [2.24, 2.45) is 11.7 Å². The van der Waals surface area contributed by atoms with Crippen LogP contribution in [-0.4, -0.2) is 4.98 Å². The summed E-state index contributed by atoms with van der Waals surface area (Å²) in [6.45, 7) is 5.73. The van der Waals surface area contributed by atoms with Crippen molar-refractivity contribution in [2.75, 3.05) is 0 Å². The molecule has 72 valence electrons. The second kappa shape index (κ2) is 3.12. The maximum atomic E-state index is 5.92. The zero-order chi connectivity index (χ0) is 9.42. The normalized spacial score (nSPS) is 17.8. The number of nitrogens with two attached hydrogens (primary N) is 1. The lowest BCUT2D eigenvalue weighted by atomic mass is 10.1. The summed E-state index contributed by atoms with van der Waals surface area (Å²) in [6, 6.07) is -0.0781. The van der Waals surface area contributed by atoms with Crippen molar-refractivity contribution < 1.29 is 4.42 Å². The minimum Gasteiger partial charge on any atom is -0.442 e. The van der Waals surface area contributed by atoms with Crippen LogP contribution in [0.4, 0.5) is 0 Å². The third-order valence-corrected chi connectivity index (χ3v) is 2.38. The summed E-state index contributed by atoms with van der Waals surface area (Å²) in [5, 5.41) is 3.17. The second-order valence-corrected chi connectivity index (χ2v) is 3.80. The molecule has 4 nitrogen and oxygen atoms in total. The van der Waals surface area contributed by atoms with E-state index >= 15 is 0 Å². The molecule has 0 radical (unpaired) electrons. The first kappa shape index (κ1) is 8.72. The highest BCUT2D eigenvalue weighted by Gasteiger charge is 2.22. The van der Waals surface area contributed by atoms with Crippen molar-refractivity contribution in [2.45, 2.75) is 33.0 Å². The molecule has 4 heteroatoms. The summed E-state index contributed by atoms with van der Waals surface area (Å²) in [5.41, 5.74) is 6.94.